The summed E-state index contributed by atoms with van der Waals surface area (Å²) in [5.74, 6) is 0.814. The molecule has 0 aromatic heterocycles. The van der Waals surface area contributed by atoms with Gasteiger partial charge in [0.1, 0.15) is 0 Å². The van der Waals surface area contributed by atoms with Gasteiger partial charge in [-0.05, 0) is 25.7 Å². The molecule has 3 heteroatoms. The summed E-state index contributed by atoms with van der Waals surface area (Å²) in [7, 11) is 0. The Morgan fingerprint density at radius 1 is 1.28 bits per heavy atom. The zero-order chi connectivity index (χ0) is 13.4. The van der Waals surface area contributed by atoms with Gasteiger partial charge in [0, 0.05) is 19.2 Å². The Morgan fingerprint density at radius 3 is 2.50 bits per heavy atom. The van der Waals surface area contributed by atoms with Gasteiger partial charge in [-0.2, -0.15) is 0 Å². The van der Waals surface area contributed by atoms with E-state index >= 15 is 0 Å². The average Bonchev–Trinajstić information content (AvgIpc) is 2.36. The molecule has 0 spiro atoms. The highest BCUT2D eigenvalue weighted by atomic mass is 16.5. The van der Waals surface area contributed by atoms with Crippen LogP contribution in [0, 0.1) is 5.92 Å². The molecule has 0 N–H and O–H groups in total. The number of rotatable bonds is 7. The molecule has 0 unspecified atom stereocenters. The smallest absolute Gasteiger partial charge is 0.225 e. The number of ether oxygens (including phenoxy) is 1. The molecule has 0 atom stereocenters. The van der Waals surface area contributed by atoms with Crippen molar-refractivity contribution in [2.24, 2.45) is 5.92 Å². The van der Waals surface area contributed by atoms with Gasteiger partial charge in [0.25, 0.3) is 0 Å². The van der Waals surface area contributed by atoms with Crippen molar-refractivity contribution < 1.29 is 9.53 Å². The summed E-state index contributed by atoms with van der Waals surface area (Å²) in [6.07, 6.45) is 6.80. The van der Waals surface area contributed by atoms with E-state index in [2.05, 4.69) is 25.7 Å². The monoisotopic (exact) mass is 255 g/mol. The molecule has 0 heterocycles. The fourth-order valence-electron chi connectivity index (χ4n) is 2.65. The van der Waals surface area contributed by atoms with E-state index in [-0.39, 0.29) is 5.91 Å². The standard InChI is InChI=1S/C15H29NO2/c1-4-16(14-8-6-5-7-9-14)15(17)10-11-18-12-13(2)3/h13-14H,4-12H2,1-3H3. The molecule has 1 fully saturated rings. The van der Waals surface area contributed by atoms with Crippen molar-refractivity contribution in [2.75, 3.05) is 19.8 Å². The minimum atomic E-state index is 0.271. The van der Waals surface area contributed by atoms with Gasteiger partial charge < -0.3 is 9.64 Å². The lowest BCUT2D eigenvalue weighted by atomic mass is 9.94. The number of carbonyl (C=O) groups is 1. The first-order valence-electron chi connectivity index (χ1n) is 7.52. The highest BCUT2D eigenvalue weighted by molar-refractivity contribution is 5.76. The lowest BCUT2D eigenvalue weighted by molar-refractivity contribution is -0.135. The van der Waals surface area contributed by atoms with E-state index in [9.17, 15) is 4.79 Å². The van der Waals surface area contributed by atoms with Gasteiger partial charge in [-0.3, -0.25) is 4.79 Å². The van der Waals surface area contributed by atoms with Gasteiger partial charge in [0.15, 0.2) is 0 Å². The molecule has 1 saturated carbocycles. The fourth-order valence-corrected chi connectivity index (χ4v) is 2.65. The van der Waals surface area contributed by atoms with Crippen LogP contribution >= 0.6 is 0 Å². The summed E-state index contributed by atoms with van der Waals surface area (Å²) in [6, 6.07) is 0.487. The van der Waals surface area contributed by atoms with Crippen molar-refractivity contribution in [2.45, 2.75) is 65.3 Å². The van der Waals surface area contributed by atoms with Gasteiger partial charge in [-0.1, -0.05) is 33.1 Å². The molecule has 1 rings (SSSR count). The zero-order valence-electron chi connectivity index (χ0n) is 12.3. The van der Waals surface area contributed by atoms with Crippen molar-refractivity contribution in [3.63, 3.8) is 0 Å². The molecule has 0 radical (unpaired) electrons. The van der Waals surface area contributed by atoms with Crippen LogP contribution in [0.1, 0.15) is 59.3 Å². The largest absolute Gasteiger partial charge is 0.381 e. The van der Waals surface area contributed by atoms with Crippen LogP contribution in [0.15, 0.2) is 0 Å². The predicted octanol–water partition coefficient (Wildman–Crippen LogP) is 3.23. The third kappa shape index (κ3) is 5.38. The molecule has 1 aliphatic carbocycles. The van der Waals surface area contributed by atoms with E-state index in [0.717, 1.165) is 13.2 Å². The molecule has 0 bridgehead atoms. The third-order valence-corrected chi connectivity index (χ3v) is 3.59. The molecule has 0 saturated heterocycles. The van der Waals surface area contributed by atoms with Crippen LogP contribution in [-0.4, -0.2) is 36.6 Å². The number of hydrogen-bond acceptors (Lipinski definition) is 2. The molecule has 106 valence electrons. The molecule has 1 amide bonds. The number of nitrogens with zero attached hydrogens (tertiary/aromatic N) is 1. The molecule has 1 aliphatic rings. The summed E-state index contributed by atoms with van der Waals surface area (Å²) in [5.41, 5.74) is 0. The SMILES string of the molecule is CCN(C(=O)CCOCC(C)C)C1CCCCC1. The van der Waals surface area contributed by atoms with Crippen LogP contribution in [0.2, 0.25) is 0 Å². The summed E-state index contributed by atoms with van der Waals surface area (Å²) >= 11 is 0. The van der Waals surface area contributed by atoms with Crippen molar-refractivity contribution in [3.8, 4) is 0 Å². The second kappa shape index (κ2) is 8.52. The second-order valence-electron chi connectivity index (χ2n) is 5.69. The van der Waals surface area contributed by atoms with E-state index in [1.54, 1.807) is 0 Å². The Bertz CT molecular complexity index is 235. The minimum Gasteiger partial charge on any atom is -0.381 e. The van der Waals surface area contributed by atoms with Gasteiger partial charge in [-0.15, -0.1) is 0 Å². The highest BCUT2D eigenvalue weighted by Crippen LogP contribution is 2.22. The summed E-state index contributed by atoms with van der Waals surface area (Å²) in [4.78, 5) is 14.2. The summed E-state index contributed by atoms with van der Waals surface area (Å²) in [5, 5.41) is 0. The molecule has 18 heavy (non-hydrogen) atoms. The quantitative estimate of drug-likeness (QED) is 0.654. The molecular formula is C15H29NO2. The maximum atomic E-state index is 12.2. The molecule has 0 aliphatic heterocycles. The maximum absolute atomic E-state index is 12.2. The van der Waals surface area contributed by atoms with Crippen LogP contribution in [0.4, 0.5) is 0 Å². The van der Waals surface area contributed by atoms with E-state index in [0.29, 0.717) is 25.0 Å². The Kier molecular flexibility index (Phi) is 7.33. The van der Waals surface area contributed by atoms with E-state index in [1.165, 1.54) is 32.1 Å². The van der Waals surface area contributed by atoms with Crippen LogP contribution in [-0.2, 0) is 9.53 Å². The Morgan fingerprint density at radius 2 is 1.94 bits per heavy atom. The first-order chi connectivity index (χ1) is 8.65. The highest BCUT2D eigenvalue weighted by Gasteiger charge is 2.23. The first-order valence-corrected chi connectivity index (χ1v) is 7.52. The lowest BCUT2D eigenvalue weighted by Crippen LogP contribution is -2.41. The second-order valence-corrected chi connectivity index (χ2v) is 5.69. The molecule has 0 aromatic rings. The zero-order valence-corrected chi connectivity index (χ0v) is 12.3. The summed E-state index contributed by atoms with van der Waals surface area (Å²) in [6.45, 7) is 8.50. The van der Waals surface area contributed by atoms with Gasteiger partial charge in [0.2, 0.25) is 5.91 Å². The topological polar surface area (TPSA) is 29.5 Å². The minimum absolute atomic E-state index is 0.271. The van der Waals surface area contributed by atoms with E-state index in [1.807, 2.05) is 0 Å². The normalized spacial score (nSPS) is 17.1. The fraction of sp³-hybridized carbons (Fsp3) is 0.933. The number of carbonyl (C=O) groups excluding carboxylic acids is 1. The number of hydrogen-bond donors (Lipinski definition) is 0. The van der Waals surface area contributed by atoms with Crippen LogP contribution in [0.5, 0.6) is 0 Å². The molecule has 0 aromatic carbocycles. The third-order valence-electron chi connectivity index (χ3n) is 3.59. The van der Waals surface area contributed by atoms with Crippen molar-refractivity contribution in [1.82, 2.24) is 4.90 Å². The first kappa shape index (κ1) is 15.5. The average molecular weight is 255 g/mol. The van der Waals surface area contributed by atoms with Crippen molar-refractivity contribution in [3.05, 3.63) is 0 Å². The maximum Gasteiger partial charge on any atom is 0.225 e. The van der Waals surface area contributed by atoms with Crippen LogP contribution in [0.3, 0.4) is 0 Å². The van der Waals surface area contributed by atoms with E-state index < -0.39 is 0 Å². The van der Waals surface area contributed by atoms with Crippen molar-refractivity contribution >= 4 is 5.91 Å². The van der Waals surface area contributed by atoms with E-state index in [4.69, 9.17) is 4.74 Å². The van der Waals surface area contributed by atoms with Crippen LogP contribution < -0.4 is 0 Å². The summed E-state index contributed by atoms with van der Waals surface area (Å²) < 4.78 is 5.50. The number of amides is 1. The molecule has 3 nitrogen and oxygen atoms in total. The van der Waals surface area contributed by atoms with Gasteiger partial charge in [-0.25, -0.2) is 0 Å². The lowest BCUT2D eigenvalue weighted by Gasteiger charge is -2.33. The predicted molar refractivity (Wildman–Crippen MR) is 74.5 cm³/mol. The molecular weight excluding hydrogens is 226 g/mol. The Labute approximate surface area is 112 Å². The van der Waals surface area contributed by atoms with Gasteiger partial charge >= 0.3 is 0 Å². The van der Waals surface area contributed by atoms with Gasteiger partial charge in [0.05, 0.1) is 13.0 Å². The Hall–Kier alpha value is -0.570. The van der Waals surface area contributed by atoms with Crippen LogP contribution in [0.25, 0.3) is 0 Å². The Balaban J connectivity index is 2.27. The van der Waals surface area contributed by atoms with Crippen molar-refractivity contribution in [1.29, 1.82) is 0 Å².